The van der Waals surface area contributed by atoms with E-state index in [1.165, 1.54) is 54.7 Å². The van der Waals surface area contributed by atoms with E-state index in [4.69, 9.17) is 34.8 Å². The quantitative estimate of drug-likeness (QED) is 0.175. The summed E-state index contributed by atoms with van der Waals surface area (Å²) in [5.74, 6) is -1.84. The van der Waals surface area contributed by atoms with Gasteiger partial charge in [-0.3, -0.25) is 4.79 Å². The molecule has 0 saturated carbocycles. The molecule has 1 unspecified atom stereocenters. The van der Waals surface area contributed by atoms with Gasteiger partial charge in [0.2, 0.25) is 9.84 Å². The molecule has 4 rings (SSSR count). The van der Waals surface area contributed by atoms with Gasteiger partial charge in [-0.2, -0.15) is 0 Å². The standard InChI is InChI=1S/C28H21Cl3N4O6S/c29-17-8-12-19(13-9-17)42(40,41)26-22(5-2-14-32-26)34-28(39)35-23(27(37)38)15-16-6-10-18(11-7-16)33-25(36)24-20(30)3-1-4-21(24)31/h1-14,23H,15H2,(H,33,36)(H,37,38)(H2,34,35,39). The van der Waals surface area contributed by atoms with E-state index in [0.29, 0.717) is 16.3 Å². The van der Waals surface area contributed by atoms with Crippen molar-refractivity contribution in [2.24, 2.45) is 0 Å². The second-order valence-electron chi connectivity index (χ2n) is 8.75. The van der Waals surface area contributed by atoms with Crippen LogP contribution in [0.5, 0.6) is 0 Å². The Hall–Kier alpha value is -4.16. The molecule has 0 radical (unpaired) electrons. The third-order valence-electron chi connectivity index (χ3n) is 5.84. The molecule has 216 valence electrons. The SMILES string of the molecule is O=C(Nc1cccnc1S(=O)(=O)c1ccc(Cl)cc1)NC(Cc1ccc(NC(=O)c2c(Cl)cccc2Cl)cc1)C(=O)O. The summed E-state index contributed by atoms with van der Waals surface area (Å²) >= 11 is 18.0. The minimum absolute atomic E-state index is 0.0907. The van der Waals surface area contributed by atoms with Crippen LogP contribution in [0.25, 0.3) is 0 Å². The Morgan fingerprint density at radius 2 is 1.48 bits per heavy atom. The third-order valence-corrected chi connectivity index (χ3v) is 8.45. The van der Waals surface area contributed by atoms with Crippen LogP contribution < -0.4 is 16.0 Å². The van der Waals surface area contributed by atoms with Gasteiger partial charge in [0, 0.05) is 23.3 Å². The van der Waals surface area contributed by atoms with Crippen LogP contribution in [0.3, 0.4) is 0 Å². The summed E-state index contributed by atoms with van der Waals surface area (Å²) in [5.41, 5.74) is 0.906. The summed E-state index contributed by atoms with van der Waals surface area (Å²) < 4.78 is 26.2. The highest BCUT2D eigenvalue weighted by Gasteiger charge is 2.26. The molecule has 0 fully saturated rings. The first-order valence-electron chi connectivity index (χ1n) is 12.1. The summed E-state index contributed by atoms with van der Waals surface area (Å²) in [4.78, 5) is 41.1. The summed E-state index contributed by atoms with van der Waals surface area (Å²) in [5, 5.41) is 17.4. The lowest BCUT2D eigenvalue weighted by Gasteiger charge is -2.17. The van der Waals surface area contributed by atoms with Crippen molar-refractivity contribution >= 4 is 73.9 Å². The number of aromatic nitrogens is 1. The van der Waals surface area contributed by atoms with Gasteiger partial charge < -0.3 is 21.1 Å². The Kier molecular flexibility index (Phi) is 9.69. The molecule has 1 atom stereocenters. The van der Waals surface area contributed by atoms with Gasteiger partial charge in [0.1, 0.15) is 6.04 Å². The highest BCUT2D eigenvalue weighted by molar-refractivity contribution is 7.91. The minimum Gasteiger partial charge on any atom is -0.480 e. The fraction of sp³-hybridized carbons (Fsp3) is 0.0714. The maximum absolute atomic E-state index is 13.1. The summed E-state index contributed by atoms with van der Waals surface area (Å²) in [6, 6.07) is 16.8. The van der Waals surface area contributed by atoms with Gasteiger partial charge >= 0.3 is 12.0 Å². The number of carbonyl (C=O) groups excluding carboxylic acids is 2. The number of carboxylic acids is 1. The van der Waals surface area contributed by atoms with Gasteiger partial charge in [-0.1, -0.05) is 53.0 Å². The Bertz CT molecular complexity index is 1730. The number of rotatable bonds is 9. The van der Waals surface area contributed by atoms with Gasteiger partial charge in [0.25, 0.3) is 5.91 Å². The monoisotopic (exact) mass is 646 g/mol. The number of sulfone groups is 1. The molecule has 3 amide bonds. The van der Waals surface area contributed by atoms with E-state index in [-0.39, 0.29) is 32.6 Å². The number of aliphatic carboxylic acids is 1. The van der Waals surface area contributed by atoms with Crippen molar-refractivity contribution in [1.82, 2.24) is 10.3 Å². The zero-order chi connectivity index (χ0) is 30.4. The number of hydrogen-bond donors (Lipinski definition) is 4. The smallest absolute Gasteiger partial charge is 0.326 e. The van der Waals surface area contributed by atoms with Crippen molar-refractivity contribution in [2.45, 2.75) is 22.4 Å². The summed E-state index contributed by atoms with van der Waals surface area (Å²) in [6.07, 6.45) is 1.14. The number of carbonyl (C=O) groups is 3. The van der Waals surface area contributed by atoms with E-state index >= 15 is 0 Å². The normalized spacial score (nSPS) is 11.8. The van der Waals surface area contributed by atoms with Crippen LogP contribution in [0.2, 0.25) is 15.1 Å². The number of nitrogens with one attached hydrogen (secondary N) is 3. The lowest BCUT2D eigenvalue weighted by atomic mass is 10.1. The highest BCUT2D eigenvalue weighted by atomic mass is 35.5. The number of nitrogens with zero attached hydrogens (tertiary/aromatic N) is 1. The number of amides is 3. The van der Waals surface area contributed by atoms with E-state index in [1.54, 1.807) is 30.3 Å². The molecule has 4 N–H and O–H groups in total. The van der Waals surface area contributed by atoms with Crippen LogP contribution in [-0.2, 0) is 21.1 Å². The number of hydrogen-bond acceptors (Lipinski definition) is 6. The largest absolute Gasteiger partial charge is 0.480 e. The van der Waals surface area contributed by atoms with Crippen LogP contribution >= 0.6 is 34.8 Å². The number of anilines is 2. The van der Waals surface area contributed by atoms with E-state index in [1.807, 2.05) is 0 Å². The number of carboxylic acid groups (broad SMARTS) is 1. The average Bonchev–Trinajstić information content (AvgIpc) is 2.94. The number of urea groups is 1. The van der Waals surface area contributed by atoms with E-state index in [9.17, 15) is 27.9 Å². The predicted molar refractivity (Wildman–Crippen MR) is 159 cm³/mol. The van der Waals surface area contributed by atoms with Gasteiger partial charge in [-0.15, -0.1) is 0 Å². The van der Waals surface area contributed by atoms with Crippen LogP contribution in [-0.4, -0.2) is 42.5 Å². The minimum atomic E-state index is -4.13. The topological polar surface area (TPSA) is 155 Å². The van der Waals surface area contributed by atoms with Crippen LogP contribution in [0.1, 0.15) is 15.9 Å². The van der Waals surface area contributed by atoms with Crippen molar-refractivity contribution in [3.8, 4) is 0 Å². The molecule has 1 aromatic heterocycles. The molecule has 10 nitrogen and oxygen atoms in total. The van der Waals surface area contributed by atoms with Crippen molar-refractivity contribution < 1.29 is 27.9 Å². The predicted octanol–water partition coefficient (Wildman–Crippen LogP) is 5.94. The molecule has 42 heavy (non-hydrogen) atoms. The zero-order valence-electron chi connectivity index (χ0n) is 21.3. The molecule has 0 spiro atoms. The molecule has 0 bridgehead atoms. The van der Waals surface area contributed by atoms with Crippen LogP contribution in [0.4, 0.5) is 16.2 Å². The summed E-state index contributed by atoms with van der Waals surface area (Å²) in [6.45, 7) is 0. The number of halogens is 3. The molecule has 14 heteroatoms. The molecular weight excluding hydrogens is 627 g/mol. The van der Waals surface area contributed by atoms with Crippen LogP contribution in [0.15, 0.2) is 95.0 Å². The molecule has 3 aromatic carbocycles. The second-order valence-corrected chi connectivity index (χ2v) is 11.9. The van der Waals surface area contributed by atoms with Crippen LogP contribution in [0, 0.1) is 0 Å². The molecule has 0 aliphatic carbocycles. The average molecular weight is 648 g/mol. The van der Waals surface area contributed by atoms with Crippen molar-refractivity contribution in [2.75, 3.05) is 10.6 Å². The first-order valence-corrected chi connectivity index (χ1v) is 14.7. The number of benzene rings is 3. The molecule has 4 aromatic rings. The molecule has 0 aliphatic rings. The lowest BCUT2D eigenvalue weighted by Crippen LogP contribution is -2.44. The molecule has 0 saturated heterocycles. The maximum atomic E-state index is 13.1. The molecular formula is C28H21Cl3N4O6S. The Morgan fingerprint density at radius 1 is 0.833 bits per heavy atom. The van der Waals surface area contributed by atoms with E-state index in [2.05, 4.69) is 20.9 Å². The Labute approximate surface area is 255 Å². The third kappa shape index (κ3) is 7.37. The Morgan fingerprint density at radius 3 is 2.10 bits per heavy atom. The fourth-order valence-corrected chi connectivity index (χ4v) is 5.83. The van der Waals surface area contributed by atoms with Gasteiger partial charge in [0.15, 0.2) is 5.03 Å². The van der Waals surface area contributed by atoms with Gasteiger partial charge in [-0.05, 0) is 66.2 Å². The van der Waals surface area contributed by atoms with E-state index < -0.39 is 38.8 Å². The first kappa shape index (κ1) is 30.8. The van der Waals surface area contributed by atoms with Gasteiger partial charge in [0.05, 0.1) is 26.2 Å². The summed E-state index contributed by atoms with van der Waals surface area (Å²) in [7, 11) is -4.13. The fourth-order valence-electron chi connectivity index (χ4n) is 3.81. The number of pyridine rings is 1. The zero-order valence-corrected chi connectivity index (χ0v) is 24.4. The lowest BCUT2D eigenvalue weighted by molar-refractivity contribution is -0.139. The second kappa shape index (κ2) is 13.2. The Balaban J connectivity index is 1.43. The van der Waals surface area contributed by atoms with Gasteiger partial charge in [-0.25, -0.2) is 23.0 Å². The van der Waals surface area contributed by atoms with Crippen molar-refractivity contribution in [3.63, 3.8) is 0 Å². The van der Waals surface area contributed by atoms with Crippen molar-refractivity contribution in [1.29, 1.82) is 0 Å². The first-order chi connectivity index (χ1) is 20.0. The van der Waals surface area contributed by atoms with Crippen molar-refractivity contribution in [3.05, 3.63) is 111 Å². The maximum Gasteiger partial charge on any atom is 0.326 e. The molecule has 1 heterocycles. The highest BCUT2D eigenvalue weighted by Crippen LogP contribution is 2.27. The molecule has 0 aliphatic heterocycles. The van der Waals surface area contributed by atoms with E-state index in [0.717, 1.165) is 0 Å².